The SMILES string of the molecule is CC(=O)[C@@]1(O)C[C@@H](C)N(C)C2CCCCC21. The zero-order chi connectivity index (χ0) is 11.9. The number of likely N-dealkylation sites (tertiary alicyclic amines) is 1. The van der Waals surface area contributed by atoms with Gasteiger partial charge in [0.15, 0.2) is 5.78 Å². The van der Waals surface area contributed by atoms with Gasteiger partial charge in [-0.25, -0.2) is 0 Å². The third-order valence-electron chi connectivity index (χ3n) is 4.78. The number of aliphatic hydroxyl groups is 1. The topological polar surface area (TPSA) is 40.5 Å². The summed E-state index contributed by atoms with van der Waals surface area (Å²) in [6.07, 6.45) is 5.10. The molecule has 1 heterocycles. The van der Waals surface area contributed by atoms with Crippen LogP contribution in [0.2, 0.25) is 0 Å². The molecule has 1 aliphatic heterocycles. The van der Waals surface area contributed by atoms with Gasteiger partial charge in [0.05, 0.1) is 0 Å². The summed E-state index contributed by atoms with van der Waals surface area (Å²) in [5.41, 5.74) is -1.06. The molecular formula is C13H23NO2. The maximum absolute atomic E-state index is 11.8. The second-order valence-corrected chi connectivity index (χ2v) is 5.66. The van der Waals surface area contributed by atoms with Gasteiger partial charge in [0.1, 0.15) is 5.60 Å². The van der Waals surface area contributed by atoms with Crippen LogP contribution in [0.3, 0.4) is 0 Å². The van der Waals surface area contributed by atoms with E-state index in [1.807, 2.05) is 0 Å². The first-order valence-corrected chi connectivity index (χ1v) is 6.42. The molecule has 2 fully saturated rings. The van der Waals surface area contributed by atoms with E-state index in [9.17, 15) is 9.90 Å². The highest BCUT2D eigenvalue weighted by Gasteiger charge is 2.52. The Bertz CT molecular complexity index is 292. The summed E-state index contributed by atoms with van der Waals surface area (Å²) in [5, 5.41) is 10.7. The lowest BCUT2D eigenvalue weighted by molar-refractivity contribution is -0.161. The molecular weight excluding hydrogens is 202 g/mol. The van der Waals surface area contributed by atoms with Gasteiger partial charge in [0.2, 0.25) is 0 Å². The summed E-state index contributed by atoms with van der Waals surface area (Å²) in [6, 6.07) is 0.694. The normalized spacial score (nSPS) is 45.1. The van der Waals surface area contributed by atoms with Crippen LogP contribution >= 0.6 is 0 Å². The number of hydrogen-bond acceptors (Lipinski definition) is 3. The maximum atomic E-state index is 11.8. The minimum atomic E-state index is -1.06. The number of hydrogen-bond donors (Lipinski definition) is 1. The van der Waals surface area contributed by atoms with Crippen molar-refractivity contribution in [3.05, 3.63) is 0 Å². The van der Waals surface area contributed by atoms with Gasteiger partial charge in [-0.05, 0) is 40.2 Å². The smallest absolute Gasteiger partial charge is 0.161 e. The molecule has 92 valence electrons. The average Bonchev–Trinajstić information content (AvgIpc) is 2.26. The highest BCUT2D eigenvalue weighted by atomic mass is 16.3. The van der Waals surface area contributed by atoms with Crippen molar-refractivity contribution >= 4 is 5.78 Å². The predicted molar refractivity (Wildman–Crippen MR) is 63.2 cm³/mol. The van der Waals surface area contributed by atoms with Gasteiger partial charge in [0.25, 0.3) is 0 Å². The highest BCUT2D eigenvalue weighted by molar-refractivity contribution is 5.85. The van der Waals surface area contributed by atoms with Crippen LogP contribution in [0, 0.1) is 5.92 Å². The van der Waals surface area contributed by atoms with Crippen LogP contribution in [0.5, 0.6) is 0 Å². The van der Waals surface area contributed by atoms with Gasteiger partial charge >= 0.3 is 0 Å². The van der Waals surface area contributed by atoms with E-state index in [2.05, 4.69) is 18.9 Å². The van der Waals surface area contributed by atoms with E-state index >= 15 is 0 Å². The number of fused-ring (bicyclic) bond motifs is 1. The number of carbonyl (C=O) groups is 1. The Hall–Kier alpha value is -0.410. The van der Waals surface area contributed by atoms with Crippen LogP contribution in [0.15, 0.2) is 0 Å². The third-order valence-corrected chi connectivity index (χ3v) is 4.78. The van der Waals surface area contributed by atoms with E-state index in [0.717, 1.165) is 19.3 Å². The van der Waals surface area contributed by atoms with E-state index in [1.165, 1.54) is 6.42 Å². The number of nitrogens with zero attached hydrogens (tertiary/aromatic N) is 1. The van der Waals surface area contributed by atoms with Crippen molar-refractivity contribution in [2.75, 3.05) is 7.05 Å². The molecule has 2 aliphatic rings. The van der Waals surface area contributed by atoms with Crippen molar-refractivity contribution in [3.63, 3.8) is 0 Å². The summed E-state index contributed by atoms with van der Waals surface area (Å²) in [5.74, 6) is 0.115. The number of ketones is 1. The number of Topliss-reactive ketones (excluding diaryl/α,β-unsaturated/α-hetero) is 1. The molecule has 3 nitrogen and oxygen atoms in total. The minimum absolute atomic E-state index is 0.0376. The van der Waals surface area contributed by atoms with Crippen molar-refractivity contribution in [1.82, 2.24) is 4.90 Å². The molecule has 1 aliphatic carbocycles. The van der Waals surface area contributed by atoms with Crippen molar-refractivity contribution in [1.29, 1.82) is 0 Å². The Morgan fingerprint density at radius 2 is 2.00 bits per heavy atom. The van der Waals surface area contributed by atoms with Crippen molar-refractivity contribution in [2.24, 2.45) is 5.92 Å². The van der Waals surface area contributed by atoms with Crippen LogP contribution in [-0.4, -0.2) is 40.5 Å². The van der Waals surface area contributed by atoms with Crippen LogP contribution in [0.1, 0.15) is 46.0 Å². The maximum Gasteiger partial charge on any atom is 0.161 e. The van der Waals surface area contributed by atoms with E-state index in [0.29, 0.717) is 18.5 Å². The zero-order valence-electron chi connectivity index (χ0n) is 10.6. The molecule has 16 heavy (non-hydrogen) atoms. The van der Waals surface area contributed by atoms with E-state index in [4.69, 9.17) is 0 Å². The molecule has 1 saturated heterocycles. The summed E-state index contributed by atoms with van der Waals surface area (Å²) in [4.78, 5) is 14.1. The van der Waals surface area contributed by atoms with Crippen molar-refractivity contribution in [2.45, 2.75) is 63.6 Å². The standard InChI is InChI=1S/C13H23NO2/c1-9-8-13(16,10(2)15)11-6-4-5-7-12(11)14(9)3/h9,11-12,16H,4-8H2,1-3H3/t9-,11?,12?,13+/m1/s1. The predicted octanol–water partition coefficient (Wildman–Crippen LogP) is 1.59. The molecule has 3 heteroatoms. The number of carbonyl (C=O) groups excluding carboxylic acids is 1. The molecule has 0 radical (unpaired) electrons. The quantitative estimate of drug-likeness (QED) is 0.736. The van der Waals surface area contributed by atoms with Crippen LogP contribution in [-0.2, 0) is 4.79 Å². The van der Waals surface area contributed by atoms with Gasteiger partial charge < -0.3 is 10.0 Å². The zero-order valence-corrected chi connectivity index (χ0v) is 10.6. The Labute approximate surface area is 97.8 Å². The Kier molecular flexibility index (Phi) is 3.10. The first kappa shape index (κ1) is 12.1. The first-order chi connectivity index (χ1) is 7.47. The van der Waals surface area contributed by atoms with E-state index < -0.39 is 5.60 Å². The Morgan fingerprint density at radius 1 is 1.38 bits per heavy atom. The molecule has 1 N–H and O–H groups in total. The summed E-state index contributed by atoms with van der Waals surface area (Å²) in [6.45, 7) is 3.66. The fourth-order valence-corrected chi connectivity index (χ4v) is 3.63. The van der Waals surface area contributed by atoms with Crippen LogP contribution in [0.25, 0.3) is 0 Å². The molecule has 0 aromatic heterocycles. The van der Waals surface area contributed by atoms with Crippen LogP contribution < -0.4 is 0 Å². The number of piperidine rings is 1. The van der Waals surface area contributed by atoms with E-state index in [-0.39, 0.29) is 11.7 Å². The third kappa shape index (κ3) is 1.70. The Balaban J connectivity index is 2.30. The molecule has 2 rings (SSSR count). The molecule has 0 aromatic rings. The van der Waals surface area contributed by atoms with Crippen LogP contribution in [0.4, 0.5) is 0 Å². The number of rotatable bonds is 1. The van der Waals surface area contributed by atoms with E-state index in [1.54, 1.807) is 6.92 Å². The van der Waals surface area contributed by atoms with Gasteiger partial charge in [-0.2, -0.15) is 0 Å². The molecule has 1 saturated carbocycles. The fourth-order valence-electron chi connectivity index (χ4n) is 3.63. The molecule has 0 spiro atoms. The first-order valence-electron chi connectivity index (χ1n) is 6.42. The van der Waals surface area contributed by atoms with Gasteiger partial charge in [-0.1, -0.05) is 12.8 Å². The summed E-state index contributed by atoms with van der Waals surface area (Å²) < 4.78 is 0. The second kappa shape index (κ2) is 4.11. The largest absolute Gasteiger partial charge is 0.382 e. The lowest BCUT2D eigenvalue weighted by atomic mass is 9.66. The fraction of sp³-hybridized carbons (Fsp3) is 0.923. The molecule has 2 unspecified atom stereocenters. The van der Waals surface area contributed by atoms with Crippen molar-refractivity contribution in [3.8, 4) is 0 Å². The second-order valence-electron chi connectivity index (χ2n) is 5.66. The van der Waals surface area contributed by atoms with Gasteiger partial charge in [0, 0.05) is 18.0 Å². The highest BCUT2D eigenvalue weighted by Crippen LogP contribution is 2.43. The summed E-state index contributed by atoms with van der Waals surface area (Å²) >= 11 is 0. The molecule has 4 atom stereocenters. The Morgan fingerprint density at radius 3 is 2.62 bits per heavy atom. The lowest BCUT2D eigenvalue weighted by Gasteiger charge is -2.53. The summed E-state index contributed by atoms with van der Waals surface area (Å²) in [7, 11) is 2.13. The van der Waals surface area contributed by atoms with Gasteiger partial charge in [-0.15, -0.1) is 0 Å². The molecule has 0 aromatic carbocycles. The monoisotopic (exact) mass is 225 g/mol. The molecule has 0 bridgehead atoms. The minimum Gasteiger partial charge on any atom is -0.382 e. The molecule has 0 amide bonds. The van der Waals surface area contributed by atoms with Crippen molar-refractivity contribution < 1.29 is 9.90 Å². The van der Waals surface area contributed by atoms with Gasteiger partial charge in [-0.3, -0.25) is 4.79 Å². The lowest BCUT2D eigenvalue weighted by Crippen LogP contribution is -2.63. The average molecular weight is 225 g/mol.